The average Bonchev–Trinajstić information content (AvgIpc) is 2.74. The van der Waals surface area contributed by atoms with Gasteiger partial charge in [0.05, 0.1) is 0 Å². The van der Waals surface area contributed by atoms with Crippen LogP contribution in [0.4, 0.5) is 4.39 Å². The predicted octanol–water partition coefficient (Wildman–Crippen LogP) is 2.92. The first kappa shape index (κ1) is 18.9. The number of Topliss-reactive ketones (excluding diaryl/α,β-unsaturated/α-hetero) is 1. The first-order valence-electron chi connectivity index (χ1n) is 9.69. The number of carbonyl (C=O) groups is 1. The van der Waals surface area contributed by atoms with E-state index in [0.717, 1.165) is 25.9 Å². The number of likely N-dealkylation sites (tertiary alicyclic amines) is 1. The van der Waals surface area contributed by atoms with E-state index in [1.807, 2.05) is 24.3 Å². The SMILES string of the molecule is O=C(c1ccc(F)cc1)C1CCN(CC(O)C2COc3ccccc3O2)CC1. The molecule has 2 aromatic carbocycles. The number of para-hydroxylation sites is 2. The fraction of sp³-hybridized carbons (Fsp3) is 0.409. The number of halogens is 1. The second-order valence-corrected chi connectivity index (χ2v) is 7.43. The van der Waals surface area contributed by atoms with Crippen LogP contribution in [0.25, 0.3) is 0 Å². The van der Waals surface area contributed by atoms with Crippen molar-refractivity contribution in [3.63, 3.8) is 0 Å². The van der Waals surface area contributed by atoms with E-state index < -0.39 is 12.2 Å². The molecule has 4 rings (SSSR count). The molecule has 0 bridgehead atoms. The lowest BCUT2D eigenvalue weighted by atomic mass is 9.88. The van der Waals surface area contributed by atoms with Gasteiger partial charge in [-0.3, -0.25) is 4.79 Å². The number of ketones is 1. The molecule has 0 aromatic heterocycles. The van der Waals surface area contributed by atoms with Gasteiger partial charge in [0.25, 0.3) is 0 Å². The van der Waals surface area contributed by atoms with Crippen LogP contribution in [0.1, 0.15) is 23.2 Å². The van der Waals surface area contributed by atoms with Crippen LogP contribution in [0.2, 0.25) is 0 Å². The Labute approximate surface area is 163 Å². The van der Waals surface area contributed by atoms with Crippen LogP contribution in [0.3, 0.4) is 0 Å². The van der Waals surface area contributed by atoms with Gasteiger partial charge in [0.15, 0.2) is 23.4 Å². The average molecular weight is 385 g/mol. The quantitative estimate of drug-likeness (QED) is 0.802. The molecule has 1 N–H and O–H groups in total. The van der Waals surface area contributed by atoms with Crippen molar-refractivity contribution < 1.29 is 23.8 Å². The Morgan fingerprint density at radius 1 is 1.11 bits per heavy atom. The molecule has 6 heteroatoms. The molecule has 28 heavy (non-hydrogen) atoms. The number of carbonyl (C=O) groups excluding carboxylic acids is 1. The summed E-state index contributed by atoms with van der Waals surface area (Å²) in [6, 6.07) is 13.2. The molecule has 0 saturated carbocycles. The van der Waals surface area contributed by atoms with E-state index in [-0.39, 0.29) is 17.5 Å². The summed E-state index contributed by atoms with van der Waals surface area (Å²) in [6.07, 6.45) is 0.382. The Morgan fingerprint density at radius 3 is 2.50 bits per heavy atom. The predicted molar refractivity (Wildman–Crippen MR) is 102 cm³/mol. The molecular formula is C22H24FNO4. The van der Waals surface area contributed by atoms with Gasteiger partial charge in [-0.25, -0.2) is 4.39 Å². The number of hydrogen-bond donors (Lipinski definition) is 1. The van der Waals surface area contributed by atoms with Gasteiger partial charge < -0.3 is 19.5 Å². The van der Waals surface area contributed by atoms with Crippen molar-refractivity contribution >= 4 is 5.78 Å². The highest BCUT2D eigenvalue weighted by molar-refractivity contribution is 5.97. The minimum atomic E-state index is -0.669. The molecule has 2 atom stereocenters. The molecule has 2 aliphatic heterocycles. The van der Waals surface area contributed by atoms with Gasteiger partial charge in [-0.05, 0) is 62.3 Å². The standard InChI is InChI=1S/C22H24FNO4/c23-17-7-5-15(6-8-17)22(26)16-9-11-24(12-10-16)13-18(25)21-14-27-19-3-1-2-4-20(19)28-21/h1-8,16,18,21,25H,9-14H2. The largest absolute Gasteiger partial charge is 0.486 e. The van der Waals surface area contributed by atoms with Crippen molar-refractivity contribution in [1.29, 1.82) is 0 Å². The van der Waals surface area contributed by atoms with Crippen LogP contribution in [-0.2, 0) is 0 Å². The lowest BCUT2D eigenvalue weighted by Crippen LogP contribution is -2.48. The zero-order valence-electron chi connectivity index (χ0n) is 15.6. The fourth-order valence-electron chi connectivity index (χ4n) is 3.84. The van der Waals surface area contributed by atoms with E-state index in [4.69, 9.17) is 9.47 Å². The number of aliphatic hydroxyl groups excluding tert-OH is 1. The number of nitrogens with zero attached hydrogens (tertiary/aromatic N) is 1. The van der Waals surface area contributed by atoms with Crippen LogP contribution < -0.4 is 9.47 Å². The molecule has 0 spiro atoms. The second kappa shape index (κ2) is 8.29. The van der Waals surface area contributed by atoms with E-state index in [9.17, 15) is 14.3 Å². The Bertz CT molecular complexity index is 818. The van der Waals surface area contributed by atoms with Gasteiger partial charge >= 0.3 is 0 Å². The zero-order chi connectivity index (χ0) is 19.5. The molecule has 0 aliphatic carbocycles. The molecule has 2 unspecified atom stereocenters. The topological polar surface area (TPSA) is 59.0 Å². The van der Waals surface area contributed by atoms with Crippen molar-refractivity contribution in [1.82, 2.24) is 4.90 Å². The van der Waals surface area contributed by atoms with E-state index >= 15 is 0 Å². The maximum Gasteiger partial charge on any atom is 0.166 e. The molecule has 148 valence electrons. The number of fused-ring (bicyclic) bond motifs is 1. The second-order valence-electron chi connectivity index (χ2n) is 7.43. The van der Waals surface area contributed by atoms with E-state index in [1.165, 1.54) is 12.1 Å². The normalized spacial score (nSPS) is 21.3. The molecule has 2 heterocycles. The summed E-state index contributed by atoms with van der Waals surface area (Å²) in [4.78, 5) is 14.7. The maximum atomic E-state index is 13.0. The number of piperidine rings is 1. The molecule has 2 aromatic rings. The van der Waals surface area contributed by atoms with Crippen molar-refractivity contribution in [3.05, 3.63) is 59.9 Å². The summed E-state index contributed by atoms with van der Waals surface area (Å²) >= 11 is 0. The van der Waals surface area contributed by atoms with Gasteiger partial charge in [-0.1, -0.05) is 12.1 Å². The van der Waals surface area contributed by atoms with E-state index in [0.29, 0.717) is 30.2 Å². The smallest absolute Gasteiger partial charge is 0.166 e. The lowest BCUT2D eigenvalue weighted by molar-refractivity contribution is -0.0287. The fourth-order valence-corrected chi connectivity index (χ4v) is 3.84. The van der Waals surface area contributed by atoms with Gasteiger partial charge in [0.2, 0.25) is 0 Å². The Balaban J connectivity index is 1.27. The molecule has 1 fully saturated rings. The summed E-state index contributed by atoms with van der Waals surface area (Å²) in [5.41, 5.74) is 0.561. The molecule has 0 radical (unpaired) electrons. The van der Waals surface area contributed by atoms with Crippen LogP contribution in [0, 0.1) is 11.7 Å². The number of hydrogen-bond acceptors (Lipinski definition) is 5. The highest BCUT2D eigenvalue weighted by atomic mass is 19.1. The van der Waals surface area contributed by atoms with Gasteiger partial charge in [-0.2, -0.15) is 0 Å². The minimum Gasteiger partial charge on any atom is -0.486 e. The Hall–Kier alpha value is -2.44. The number of β-amino-alcohol motifs (C(OH)–C–C–N with tert-alkyl or cyclic N) is 1. The summed E-state index contributed by atoms with van der Waals surface area (Å²) < 4.78 is 24.6. The zero-order valence-corrected chi connectivity index (χ0v) is 15.6. The molecule has 2 aliphatic rings. The molecular weight excluding hydrogens is 361 g/mol. The first-order chi connectivity index (χ1) is 13.6. The number of benzene rings is 2. The van der Waals surface area contributed by atoms with Crippen LogP contribution in [-0.4, -0.2) is 54.2 Å². The van der Waals surface area contributed by atoms with E-state index in [1.54, 1.807) is 12.1 Å². The number of rotatable bonds is 5. The first-order valence-corrected chi connectivity index (χ1v) is 9.69. The summed E-state index contributed by atoms with van der Waals surface area (Å²) in [7, 11) is 0. The third kappa shape index (κ3) is 4.18. The van der Waals surface area contributed by atoms with Crippen molar-refractivity contribution in [2.45, 2.75) is 25.0 Å². The third-order valence-corrected chi connectivity index (χ3v) is 5.49. The number of ether oxygens (including phenoxy) is 2. The summed E-state index contributed by atoms with van der Waals surface area (Å²) in [5, 5.41) is 10.6. The van der Waals surface area contributed by atoms with Crippen LogP contribution >= 0.6 is 0 Å². The van der Waals surface area contributed by atoms with Gasteiger partial charge in [-0.15, -0.1) is 0 Å². The molecule has 0 amide bonds. The highest BCUT2D eigenvalue weighted by Crippen LogP contribution is 2.32. The lowest BCUT2D eigenvalue weighted by Gasteiger charge is -2.35. The maximum absolute atomic E-state index is 13.0. The molecule has 5 nitrogen and oxygen atoms in total. The minimum absolute atomic E-state index is 0.0556. The summed E-state index contributed by atoms with van der Waals surface area (Å²) in [6.45, 7) is 2.27. The summed E-state index contributed by atoms with van der Waals surface area (Å²) in [5.74, 6) is 1.03. The van der Waals surface area contributed by atoms with Crippen molar-refractivity contribution in [2.75, 3.05) is 26.2 Å². The Kier molecular flexibility index (Phi) is 5.59. The third-order valence-electron chi connectivity index (χ3n) is 5.49. The van der Waals surface area contributed by atoms with Gasteiger partial charge in [0.1, 0.15) is 18.5 Å². The van der Waals surface area contributed by atoms with Crippen LogP contribution in [0.15, 0.2) is 48.5 Å². The highest BCUT2D eigenvalue weighted by Gasteiger charge is 2.31. The van der Waals surface area contributed by atoms with Crippen molar-refractivity contribution in [2.24, 2.45) is 5.92 Å². The number of aliphatic hydroxyl groups is 1. The van der Waals surface area contributed by atoms with Crippen molar-refractivity contribution in [3.8, 4) is 11.5 Å². The monoisotopic (exact) mass is 385 g/mol. The molecule has 1 saturated heterocycles. The van der Waals surface area contributed by atoms with Gasteiger partial charge in [0, 0.05) is 18.0 Å². The Morgan fingerprint density at radius 2 is 1.79 bits per heavy atom. The van der Waals surface area contributed by atoms with Crippen LogP contribution in [0.5, 0.6) is 11.5 Å². The van der Waals surface area contributed by atoms with E-state index in [2.05, 4.69) is 4.90 Å².